The molecule has 0 amide bonds. The summed E-state index contributed by atoms with van der Waals surface area (Å²) in [5, 5.41) is 12.4. The van der Waals surface area contributed by atoms with Crippen LogP contribution in [-0.2, 0) is 4.79 Å². The van der Waals surface area contributed by atoms with Crippen molar-refractivity contribution in [1.29, 1.82) is 0 Å². The van der Waals surface area contributed by atoms with E-state index < -0.39 is 5.97 Å². The average molecular weight is 262 g/mol. The van der Waals surface area contributed by atoms with E-state index in [1.54, 1.807) is 0 Å². The van der Waals surface area contributed by atoms with Gasteiger partial charge in [-0.1, -0.05) is 6.07 Å². The largest absolute Gasteiger partial charge is 0.481 e. The molecule has 104 valence electrons. The molecule has 19 heavy (non-hydrogen) atoms. The van der Waals surface area contributed by atoms with Gasteiger partial charge in [0.15, 0.2) is 0 Å². The number of hydrogen-bond acceptors (Lipinski definition) is 3. The van der Waals surface area contributed by atoms with Crippen LogP contribution in [0.5, 0.6) is 0 Å². The van der Waals surface area contributed by atoms with Gasteiger partial charge in [-0.15, -0.1) is 0 Å². The summed E-state index contributed by atoms with van der Waals surface area (Å²) in [6, 6.07) is 4.49. The molecule has 1 aromatic carbocycles. The topological polar surface area (TPSA) is 52.6 Å². The zero-order valence-corrected chi connectivity index (χ0v) is 12.0. The predicted octanol–water partition coefficient (Wildman–Crippen LogP) is 2.10. The van der Waals surface area contributed by atoms with Gasteiger partial charge in [0.1, 0.15) is 0 Å². The molecule has 1 aromatic rings. The molecule has 0 radical (unpaired) electrons. The van der Waals surface area contributed by atoms with Crippen LogP contribution < -0.4 is 10.2 Å². The fourth-order valence-corrected chi connectivity index (χ4v) is 2.71. The van der Waals surface area contributed by atoms with E-state index in [-0.39, 0.29) is 12.0 Å². The minimum absolute atomic E-state index is 0.152. The van der Waals surface area contributed by atoms with E-state index in [4.69, 9.17) is 5.11 Å². The van der Waals surface area contributed by atoms with Crippen molar-refractivity contribution in [2.75, 3.05) is 25.5 Å². The van der Waals surface area contributed by atoms with Gasteiger partial charge < -0.3 is 15.3 Å². The highest BCUT2D eigenvalue weighted by Crippen LogP contribution is 2.32. The first kappa shape index (κ1) is 13.9. The number of carboxylic acid groups (broad SMARTS) is 1. The third kappa shape index (κ3) is 2.73. The fourth-order valence-electron chi connectivity index (χ4n) is 2.71. The van der Waals surface area contributed by atoms with Gasteiger partial charge in [-0.05, 0) is 43.0 Å². The first-order chi connectivity index (χ1) is 8.90. The smallest absolute Gasteiger partial charge is 0.307 e. The standard InChI is InChI=1S/C15H22N2O2/c1-9-5-11(7-14(10(9)2)17(3)4)13-6-12(8-16-13)15(18)19/h5,7,12-13,16H,6,8H2,1-4H3,(H,18,19). The number of aliphatic carboxylic acids is 1. The van der Waals surface area contributed by atoms with Crippen molar-refractivity contribution in [3.63, 3.8) is 0 Å². The fraction of sp³-hybridized carbons (Fsp3) is 0.533. The van der Waals surface area contributed by atoms with Crippen LogP contribution in [0.15, 0.2) is 12.1 Å². The van der Waals surface area contributed by atoms with Crippen LogP contribution in [0.25, 0.3) is 0 Å². The summed E-state index contributed by atoms with van der Waals surface area (Å²) in [6.07, 6.45) is 0.671. The number of nitrogens with one attached hydrogen (secondary N) is 1. The molecule has 1 fully saturated rings. The van der Waals surface area contributed by atoms with E-state index in [1.165, 1.54) is 22.4 Å². The molecule has 0 bridgehead atoms. The second kappa shape index (κ2) is 5.21. The van der Waals surface area contributed by atoms with Crippen LogP contribution in [0.1, 0.15) is 29.2 Å². The molecule has 4 heteroatoms. The van der Waals surface area contributed by atoms with E-state index in [2.05, 4.69) is 36.2 Å². The third-order valence-electron chi connectivity index (χ3n) is 4.03. The van der Waals surface area contributed by atoms with Crippen molar-refractivity contribution >= 4 is 11.7 Å². The summed E-state index contributed by atoms with van der Waals surface area (Å²) in [7, 11) is 4.07. The molecule has 1 aliphatic rings. The molecule has 0 saturated carbocycles. The Hall–Kier alpha value is -1.55. The summed E-state index contributed by atoms with van der Waals surface area (Å²) in [6.45, 7) is 4.79. The van der Waals surface area contributed by atoms with Crippen molar-refractivity contribution in [3.05, 3.63) is 28.8 Å². The number of hydrogen-bond donors (Lipinski definition) is 2. The summed E-state index contributed by atoms with van der Waals surface area (Å²) in [4.78, 5) is 13.1. The number of carbonyl (C=O) groups is 1. The monoisotopic (exact) mass is 262 g/mol. The quantitative estimate of drug-likeness (QED) is 0.876. The van der Waals surface area contributed by atoms with E-state index in [1.807, 2.05) is 14.1 Å². The molecule has 2 atom stereocenters. The van der Waals surface area contributed by atoms with Crippen LogP contribution in [0.4, 0.5) is 5.69 Å². The van der Waals surface area contributed by atoms with E-state index in [0.717, 1.165) is 0 Å². The highest BCUT2D eigenvalue weighted by molar-refractivity contribution is 5.71. The lowest BCUT2D eigenvalue weighted by Gasteiger charge is -2.21. The number of nitrogens with zero attached hydrogens (tertiary/aromatic N) is 1. The second-order valence-corrected chi connectivity index (χ2v) is 5.61. The minimum atomic E-state index is -0.702. The van der Waals surface area contributed by atoms with Gasteiger partial charge in [0.2, 0.25) is 0 Å². The molecule has 1 heterocycles. The first-order valence-electron chi connectivity index (χ1n) is 6.64. The van der Waals surface area contributed by atoms with Gasteiger partial charge in [0, 0.05) is 32.4 Å². The Morgan fingerprint density at radius 3 is 2.58 bits per heavy atom. The number of carboxylic acids is 1. The Balaban J connectivity index is 2.29. The van der Waals surface area contributed by atoms with Crippen LogP contribution in [0.3, 0.4) is 0 Å². The lowest BCUT2D eigenvalue weighted by Crippen LogP contribution is -2.18. The molecule has 0 aromatic heterocycles. The Labute approximate surface area is 114 Å². The molecule has 1 saturated heterocycles. The minimum Gasteiger partial charge on any atom is -0.481 e. The van der Waals surface area contributed by atoms with Crippen molar-refractivity contribution in [2.45, 2.75) is 26.3 Å². The lowest BCUT2D eigenvalue weighted by molar-refractivity contribution is -0.141. The second-order valence-electron chi connectivity index (χ2n) is 5.61. The molecule has 2 unspecified atom stereocenters. The molecule has 1 aliphatic heterocycles. The van der Waals surface area contributed by atoms with Gasteiger partial charge in [-0.25, -0.2) is 0 Å². The van der Waals surface area contributed by atoms with Gasteiger partial charge in [-0.2, -0.15) is 0 Å². The average Bonchev–Trinajstić information content (AvgIpc) is 2.81. The maximum Gasteiger partial charge on any atom is 0.307 e. The molecular formula is C15H22N2O2. The van der Waals surface area contributed by atoms with Crippen LogP contribution in [0, 0.1) is 19.8 Å². The van der Waals surface area contributed by atoms with E-state index in [9.17, 15) is 4.79 Å². The molecule has 2 rings (SSSR count). The summed E-state index contributed by atoms with van der Waals surface area (Å²) in [5.41, 5.74) is 4.93. The Morgan fingerprint density at radius 1 is 1.37 bits per heavy atom. The maximum atomic E-state index is 11.0. The highest BCUT2D eigenvalue weighted by Gasteiger charge is 2.30. The zero-order valence-electron chi connectivity index (χ0n) is 12.0. The molecular weight excluding hydrogens is 240 g/mol. The SMILES string of the molecule is Cc1cc(C2CC(C(=O)O)CN2)cc(N(C)C)c1C. The Kier molecular flexibility index (Phi) is 3.80. The predicted molar refractivity (Wildman–Crippen MR) is 76.7 cm³/mol. The molecule has 4 nitrogen and oxygen atoms in total. The van der Waals surface area contributed by atoms with Gasteiger partial charge in [0.05, 0.1) is 5.92 Å². The molecule has 2 N–H and O–H groups in total. The normalized spacial score (nSPS) is 22.5. The molecule has 0 aliphatic carbocycles. The zero-order chi connectivity index (χ0) is 14.2. The van der Waals surface area contributed by atoms with Gasteiger partial charge in [-0.3, -0.25) is 4.79 Å². The first-order valence-corrected chi connectivity index (χ1v) is 6.64. The van der Waals surface area contributed by atoms with Gasteiger partial charge >= 0.3 is 5.97 Å². The van der Waals surface area contributed by atoms with Crippen molar-refractivity contribution < 1.29 is 9.90 Å². The number of rotatable bonds is 3. The highest BCUT2D eigenvalue weighted by atomic mass is 16.4. The summed E-state index contributed by atoms with van der Waals surface area (Å²) in [5.74, 6) is -0.971. The van der Waals surface area contributed by atoms with Crippen molar-refractivity contribution in [3.8, 4) is 0 Å². The molecule has 0 spiro atoms. The van der Waals surface area contributed by atoms with E-state index in [0.29, 0.717) is 13.0 Å². The van der Waals surface area contributed by atoms with Crippen LogP contribution in [-0.4, -0.2) is 31.7 Å². The third-order valence-corrected chi connectivity index (χ3v) is 4.03. The van der Waals surface area contributed by atoms with Crippen molar-refractivity contribution in [1.82, 2.24) is 5.32 Å². The Bertz CT molecular complexity index is 497. The number of anilines is 1. The van der Waals surface area contributed by atoms with E-state index >= 15 is 0 Å². The maximum absolute atomic E-state index is 11.0. The Morgan fingerprint density at radius 2 is 2.05 bits per heavy atom. The summed E-state index contributed by atoms with van der Waals surface area (Å²) >= 11 is 0. The lowest BCUT2D eigenvalue weighted by atomic mass is 9.95. The van der Waals surface area contributed by atoms with Gasteiger partial charge in [0.25, 0.3) is 0 Å². The number of benzene rings is 1. The summed E-state index contributed by atoms with van der Waals surface area (Å²) < 4.78 is 0. The van der Waals surface area contributed by atoms with Crippen LogP contribution in [0.2, 0.25) is 0 Å². The van der Waals surface area contributed by atoms with Crippen LogP contribution >= 0.6 is 0 Å². The van der Waals surface area contributed by atoms with Crippen molar-refractivity contribution in [2.24, 2.45) is 5.92 Å². The number of aryl methyl sites for hydroxylation is 1.